The van der Waals surface area contributed by atoms with Crippen LogP contribution in [0.2, 0.25) is 6.04 Å². The number of nitrogens with zero attached hydrogens (tertiary/aromatic N) is 1. The van der Waals surface area contributed by atoms with Crippen molar-refractivity contribution >= 4 is 16.2 Å². The molecule has 0 rings (SSSR count). The van der Waals surface area contributed by atoms with Gasteiger partial charge < -0.3 is 14.5 Å². The van der Waals surface area contributed by atoms with Crippen molar-refractivity contribution in [1.29, 1.82) is 0 Å². The standard InChI is InChI=1S/C7H15NO2Si/c1-8-5-4-6-11-7(9-2)10-3/h7H,1,4-6H2,2-3H3. The Balaban J connectivity index is 3.13. The molecule has 0 atom stereocenters. The highest BCUT2D eigenvalue weighted by molar-refractivity contribution is 6.36. The summed E-state index contributed by atoms with van der Waals surface area (Å²) in [5.41, 5.74) is 0. The van der Waals surface area contributed by atoms with Gasteiger partial charge in [-0.05, 0) is 13.1 Å². The fraction of sp³-hybridized carbons (Fsp3) is 0.857. The Labute approximate surface area is 70.6 Å². The molecule has 0 aliphatic heterocycles. The summed E-state index contributed by atoms with van der Waals surface area (Å²) >= 11 is 0. The summed E-state index contributed by atoms with van der Waals surface area (Å²) in [6.45, 7) is 4.25. The van der Waals surface area contributed by atoms with Crippen molar-refractivity contribution in [3.05, 3.63) is 0 Å². The summed E-state index contributed by atoms with van der Waals surface area (Å²) in [5, 5.41) is 0. The van der Waals surface area contributed by atoms with Gasteiger partial charge in [0.2, 0.25) is 0 Å². The van der Waals surface area contributed by atoms with E-state index in [0.29, 0.717) is 9.52 Å². The van der Waals surface area contributed by atoms with Crippen LogP contribution in [0.4, 0.5) is 0 Å². The van der Waals surface area contributed by atoms with Crippen molar-refractivity contribution in [3.63, 3.8) is 0 Å². The molecule has 4 heteroatoms. The monoisotopic (exact) mass is 173 g/mol. The zero-order valence-corrected chi connectivity index (χ0v) is 8.17. The van der Waals surface area contributed by atoms with Crippen LogP contribution >= 0.6 is 0 Å². The van der Waals surface area contributed by atoms with Crippen LogP contribution in [0.3, 0.4) is 0 Å². The molecule has 0 fully saturated rings. The highest BCUT2D eigenvalue weighted by Gasteiger charge is 2.04. The van der Waals surface area contributed by atoms with Crippen LogP contribution in [0, 0.1) is 0 Å². The molecule has 0 saturated carbocycles. The topological polar surface area (TPSA) is 30.8 Å². The van der Waals surface area contributed by atoms with E-state index in [0.717, 1.165) is 19.0 Å². The molecule has 0 saturated heterocycles. The van der Waals surface area contributed by atoms with Gasteiger partial charge in [0.1, 0.15) is 15.4 Å². The normalized spacial score (nSPS) is 10.5. The number of hydrogen-bond donors (Lipinski definition) is 0. The third kappa shape index (κ3) is 6.21. The first kappa shape index (κ1) is 10.8. The minimum Gasteiger partial charge on any atom is -0.360 e. The van der Waals surface area contributed by atoms with E-state index in [9.17, 15) is 0 Å². The maximum atomic E-state index is 5.02. The second kappa shape index (κ2) is 7.91. The minimum atomic E-state index is -0.0279. The van der Waals surface area contributed by atoms with Crippen molar-refractivity contribution < 1.29 is 9.47 Å². The average molecular weight is 173 g/mol. The third-order valence-electron chi connectivity index (χ3n) is 1.23. The Morgan fingerprint density at radius 2 is 2.09 bits per heavy atom. The second-order valence-corrected chi connectivity index (χ2v) is 3.44. The van der Waals surface area contributed by atoms with E-state index in [-0.39, 0.29) is 5.91 Å². The summed E-state index contributed by atoms with van der Waals surface area (Å²) in [5.74, 6) is -0.0279. The molecule has 11 heavy (non-hydrogen) atoms. The predicted octanol–water partition coefficient (Wildman–Crippen LogP) is 0.776. The van der Waals surface area contributed by atoms with Crippen molar-refractivity contribution in [2.24, 2.45) is 4.99 Å². The molecule has 0 unspecified atom stereocenters. The Morgan fingerprint density at radius 1 is 1.45 bits per heavy atom. The summed E-state index contributed by atoms with van der Waals surface area (Å²) in [6, 6.07) is 1.10. The van der Waals surface area contributed by atoms with Gasteiger partial charge in [0.05, 0.1) is 0 Å². The molecular weight excluding hydrogens is 158 g/mol. The van der Waals surface area contributed by atoms with Crippen molar-refractivity contribution in [1.82, 2.24) is 0 Å². The Morgan fingerprint density at radius 3 is 2.55 bits per heavy atom. The lowest BCUT2D eigenvalue weighted by molar-refractivity contribution is -0.0441. The molecule has 0 aliphatic carbocycles. The first-order valence-electron chi connectivity index (χ1n) is 3.56. The van der Waals surface area contributed by atoms with Crippen LogP contribution in [-0.4, -0.2) is 42.9 Å². The van der Waals surface area contributed by atoms with E-state index in [1.54, 1.807) is 14.2 Å². The predicted molar refractivity (Wildman–Crippen MR) is 47.4 cm³/mol. The van der Waals surface area contributed by atoms with Gasteiger partial charge >= 0.3 is 0 Å². The molecule has 3 nitrogen and oxygen atoms in total. The molecule has 0 aromatic carbocycles. The molecule has 0 amide bonds. The molecule has 2 radical (unpaired) electrons. The number of rotatable bonds is 7. The fourth-order valence-corrected chi connectivity index (χ4v) is 1.60. The van der Waals surface area contributed by atoms with Gasteiger partial charge in [-0.3, -0.25) is 0 Å². The zero-order chi connectivity index (χ0) is 8.53. The van der Waals surface area contributed by atoms with E-state index in [4.69, 9.17) is 9.47 Å². The molecule has 0 bridgehead atoms. The first-order valence-corrected chi connectivity index (χ1v) is 4.85. The summed E-state index contributed by atoms with van der Waals surface area (Å²) in [7, 11) is 4.02. The fourth-order valence-electron chi connectivity index (χ4n) is 0.674. The highest BCUT2D eigenvalue weighted by Crippen LogP contribution is 1.95. The van der Waals surface area contributed by atoms with Crippen LogP contribution in [0.5, 0.6) is 0 Å². The minimum absolute atomic E-state index is 0.0279. The molecule has 0 spiro atoms. The van der Waals surface area contributed by atoms with Crippen molar-refractivity contribution in [2.75, 3.05) is 20.8 Å². The Hall–Kier alpha value is -0.193. The first-order chi connectivity index (χ1) is 5.35. The van der Waals surface area contributed by atoms with E-state index in [2.05, 4.69) is 11.7 Å². The quantitative estimate of drug-likeness (QED) is 0.246. The van der Waals surface area contributed by atoms with E-state index in [1.807, 2.05) is 0 Å². The molecular formula is C7H15NO2Si. The average Bonchev–Trinajstić information content (AvgIpc) is 2.05. The lowest BCUT2D eigenvalue weighted by atomic mass is 10.5. The smallest absolute Gasteiger partial charge is 0.136 e. The van der Waals surface area contributed by atoms with E-state index < -0.39 is 0 Å². The van der Waals surface area contributed by atoms with Crippen LogP contribution < -0.4 is 0 Å². The summed E-state index contributed by atoms with van der Waals surface area (Å²) < 4.78 is 10.0. The van der Waals surface area contributed by atoms with Crippen LogP contribution in [0.1, 0.15) is 6.42 Å². The third-order valence-corrected chi connectivity index (χ3v) is 2.68. The summed E-state index contributed by atoms with van der Waals surface area (Å²) in [4.78, 5) is 3.76. The molecule has 0 aromatic rings. The molecule has 64 valence electrons. The Kier molecular flexibility index (Phi) is 7.77. The number of ether oxygens (including phenoxy) is 2. The number of hydrogen-bond acceptors (Lipinski definition) is 3. The summed E-state index contributed by atoms with van der Waals surface area (Å²) in [6.07, 6.45) is 1.07. The van der Waals surface area contributed by atoms with Crippen molar-refractivity contribution in [3.8, 4) is 0 Å². The number of aliphatic imine (C=N–C) groups is 1. The lowest BCUT2D eigenvalue weighted by Crippen LogP contribution is -2.21. The maximum Gasteiger partial charge on any atom is 0.136 e. The van der Waals surface area contributed by atoms with Gasteiger partial charge in [0.15, 0.2) is 0 Å². The van der Waals surface area contributed by atoms with Gasteiger partial charge in [0, 0.05) is 20.8 Å². The highest BCUT2D eigenvalue weighted by atomic mass is 28.2. The van der Waals surface area contributed by atoms with E-state index in [1.165, 1.54) is 0 Å². The Bertz CT molecular complexity index is 96.4. The van der Waals surface area contributed by atoms with Gasteiger partial charge in [0.25, 0.3) is 0 Å². The van der Waals surface area contributed by atoms with Crippen molar-refractivity contribution in [2.45, 2.75) is 18.4 Å². The van der Waals surface area contributed by atoms with E-state index >= 15 is 0 Å². The zero-order valence-electron chi connectivity index (χ0n) is 7.17. The molecule has 0 N–H and O–H groups in total. The number of methoxy groups -OCH3 is 2. The SMILES string of the molecule is C=NCCC[Si]C(OC)OC. The van der Waals surface area contributed by atoms with Gasteiger partial charge in [-0.15, -0.1) is 0 Å². The van der Waals surface area contributed by atoms with Gasteiger partial charge in [-0.2, -0.15) is 0 Å². The molecule has 0 aliphatic rings. The maximum absolute atomic E-state index is 5.02. The molecule has 0 aromatic heterocycles. The molecule has 0 heterocycles. The lowest BCUT2D eigenvalue weighted by Gasteiger charge is -2.10. The second-order valence-electron chi connectivity index (χ2n) is 2.06. The van der Waals surface area contributed by atoms with Gasteiger partial charge in [-0.25, -0.2) is 0 Å². The van der Waals surface area contributed by atoms with Crippen LogP contribution in [-0.2, 0) is 9.47 Å². The largest absolute Gasteiger partial charge is 0.360 e. The van der Waals surface area contributed by atoms with Crippen LogP contribution in [0.15, 0.2) is 4.99 Å². The van der Waals surface area contributed by atoms with Gasteiger partial charge in [-0.1, -0.05) is 6.04 Å². The van der Waals surface area contributed by atoms with Crippen LogP contribution in [0.25, 0.3) is 0 Å².